The van der Waals surface area contributed by atoms with Gasteiger partial charge in [-0.25, -0.2) is 0 Å². The lowest BCUT2D eigenvalue weighted by Crippen LogP contribution is -1.94. The van der Waals surface area contributed by atoms with Gasteiger partial charge >= 0.3 is 0 Å². The van der Waals surface area contributed by atoms with E-state index in [2.05, 4.69) is 4.42 Å². The second kappa shape index (κ2) is 1.81. The molecule has 0 aliphatic rings. The first-order valence-corrected chi connectivity index (χ1v) is 2.21. The van der Waals surface area contributed by atoms with E-state index >= 15 is 0 Å². The highest BCUT2D eigenvalue weighted by molar-refractivity contribution is 5.16. The van der Waals surface area contributed by atoms with Crippen LogP contribution in [0.4, 0.5) is 0 Å². The summed E-state index contributed by atoms with van der Waals surface area (Å²) in [4.78, 5) is 10.4. The summed E-state index contributed by atoms with van der Waals surface area (Å²) in [6.45, 7) is 0. The maximum atomic E-state index is 10.4. The molecule has 0 spiro atoms. The van der Waals surface area contributed by atoms with Crippen molar-refractivity contribution in [1.29, 1.82) is 0 Å². The highest BCUT2D eigenvalue weighted by Crippen LogP contribution is 2.07. The van der Waals surface area contributed by atoms with E-state index in [4.69, 9.17) is 10.2 Å². The molecule has 4 heteroatoms. The van der Waals surface area contributed by atoms with Crippen molar-refractivity contribution >= 4 is 0 Å². The Morgan fingerprint density at radius 1 is 1.44 bits per heavy atom. The molecule has 0 bridgehead atoms. The van der Waals surface area contributed by atoms with Gasteiger partial charge in [-0.1, -0.05) is 0 Å². The first-order chi connectivity index (χ1) is 4.20. The van der Waals surface area contributed by atoms with E-state index in [0.29, 0.717) is 0 Å². The lowest BCUT2D eigenvalue weighted by molar-refractivity contribution is 0.310. The van der Waals surface area contributed by atoms with Crippen molar-refractivity contribution in [2.24, 2.45) is 0 Å². The average molecular weight is 128 g/mol. The normalized spacial score (nSPS) is 9.33. The molecule has 1 heterocycles. The van der Waals surface area contributed by atoms with Crippen LogP contribution in [0.3, 0.4) is 0 Å². The molecule has 1 aromatic heterocycles. The fraction of sp³-hybridized carbons (Fsp3) is 0. The van der Waals surface area contributed by atoms with Gasteiger partial charge < -0.3 is 14.6 Å². The number of hydrogen-bond acceptors (Lipinski definition) is 4. The smallest absolute Gasteiger partial charge is 0.285 e. The standard InChI is InChI=1S/C5H4O4/c6-3-1-5(8)9-2-4(3)7/h1-2,7-8H. The Hall–Kier alpha value is -1.45. The maximum Gasteiger partial charge on any atom is 0.285 e. The second-order valence-electron chi connectivity index (χ2n) is 1.47. The third-order valence-corrected chi connectivity index (χ3v) is 0.798. The number of aromatic hydroxyl groups is 2. The molecule has 0 atom stereocenters. The Morgan fingerprint density at radius 2 is 2.11 bits per heavy atom. The Labute approximate surface area is 50.0 Å². The van der Waals surface area contributed by atoms with Crippen LogP contribution in [0.5, 0.6) is 11.7 Å². The van der Waals surface area contributed by atoms with Gasteiger partial charge in [-0.05, 0) is 0 Å². The number of rotatable bonds is 0. The van der Waals surface area contributed by atoms with Crippen molar-refractivity contribution in [1.82, 2.24) is 0 Å². The first kappa shape index (κ1) is 5.68. The van der Waals surface area contributed by atoms with Crippen LogP contribution in [-0.2, 0) is 0 Å². The first-order valence-electron chi connectivity index (χ1n) is 2.21. The Balaban J connectivity index is 3.34. The van der Waals surface area contributed by atoms with E-state index in [-0.39, 0.29) is 0 Å². The van der Waals surface area contributed by atoms with Gasteiger partial charge in [0.15, 0.2) is 5.75 Å². The Kier molecular flexibility index (Phi) is 1.14. The van der Waals surface area contributed by atoms with E-state index in [1.54, 1.807) is 0 Å². The molecule has 0 saturated carbocycles. The predicted octanol–water partition coefficient (Wildman–Crippen LogP) is 0.0510. The minimum Gasteiger partial charge on any atom is -0.502 e. The van der Waals surface area contributed by atoms with Crippen molar-refractivity contribution in [3.05, 3.63) is 22.6 Å². The van der Waals surface area contributed by atoms with Crippen LogP contribution in [0, 0.1) is 0 Å². The molecule has 9 heavy (non-hydrogen) atoms. The summed E-state index contributed by atoms with van der Waals surface area (Å²) in [5, 5.41) is 17.0. The van der Waals surface area contributed by atoms with Gasteiger partial charge in [0.25, 0.3) is 5.95 Å². The van der Waals surface area contributed by atoms with Gasteiger partial charge in [0.1, 0.15) is 6.26 Å². The summed E-state index contributed by atoms with van der Waals surface area (Å²) in [5.74, 6) is -1.01. The van der Waals surface area contributed by atoms with Crippen LogP contribution < -0.4 is 5.43 Å². The predicted molar refractivity (Wildman–Crippen MR) is 28.3 cm³/mol. The van der Waals surface area contributed by atoms with Crippen LogP contribution >= 0.6 is 0 Å². The summed E-state index contributed by atoms with van der Waals surface area (Å²) >= 11 is 0. The largest absolute Gasteiger partial charge is 0.502 e. The van der Waals surface area contributed by atoms with Crippen molar-refractivity contribution in [3.63, 3.8) is 0 Å². The monoisotopic (exact) mass is 128 g/mol. The average Bonchev–Trinajstić information content (AvgIpc) is 1.80. The highest BCUT2D eigenvalue weighted by Gasteiger charge is 1.96. The van der Waals surface area contributed by atoms with Gasteiger partial charge in [0.2, 0.25) is 5.43 Å². The molecule has 0 amide bonds. The molecule has 0 aliphatic heterocycles. The zero-order chi connectivity index (χ0) is 6.85. The summed E-state index contributed by atoms with van der Waals surface area (Å²) in [6, 6.07) is 0.787. The van der Waals surface area contributed by atoms with Gasteiger partial charge in [-0.2, -0.15) is 0 Å². The molecule has 0 aromatic carbocycles. The van der Waals surface area contributed by atoms with Gasteiger partial charge in [0, 0.05) is 0 Å². The molecule has 0 aliphatic carbocycles. The summed E-state index contributed by atoms with van der Waals surface area (Å²) < 4.78 is 4.24. The van der Waals surface area contributed by atoms with Gasteiger partial charge in [-0.3, -0.25) is 4.79 Å². The van der Waals surface area contributed by atoms with Crippen LogP contribution in [0.15, 0.2) is 21.5 Å². The van der Waals surface area contributed by atoms with Gasteiger partial charge in [0.05, 0.1) is 6.07 Å². The molecule has 1 rings (SSSR count). The van der Waals surface area contributed by atoms with E-state index < -0.39 is 17.1 Å². The summed E-state index contributed by atoms with van der Waals surface area (Å²) in [6.07, 6.45) is 0.775. The molecular formula is C5H4O4. The zero-order valence-corrected chi connectivity index (χ0v) is 4.37. The molecule has 0 fully saturated rings. The van der Waals surface area contributed by atoms with Crippen molar-refractivity contribution in [2.45, 2.75) is 0 Å². The van der Waals surface area contributed by atoms with Gasteiger partial charge in [-0.15, -0.1) is 0 Å². The Bertz CT molecular complexity index is 262. The van der Waals surface area contributed by atoms with E-state index in [1.165, 1.54) is 0 Å². The number of hydrogen-bond donors (Lipinski definition) is 2. The minimum atomic E-state index is -0.654. The third-order valence-electron chi connectivity index (χ3n) is 0.798. The Morgan fingerprint density at radius 3 is 2.56 bits per heavy atom. The lowest BCUT2D eigenvalue weighted by atomic mass is 10.5. The summed E-state index contributed by atoms with van der Waals surface area (Å²) in [7, 11) is 0. The topological polar surface area (TPSA) is 70.7 Å². The van der Waals surface area contributed by atoms with E-state index in [1.807, 2.05) is 0 Å². The lowest BCUT2D eigenvalue weighted by Gasteiger charge is -1.87. The van der Waals surface area contributed by atoms with Crippen LogP contribution in [0.2, 0.25) is 0 Å². The second-order valence-corrected chi connectivity index (χ2v) is 1.47. The molecule has 0 saturated heterocycles. The fourth-order valence-electron chi connectivity index (χ4n) is 0.394. The SMILES string of the molecule is O=c1cc(O)occ1O. The molecule has 2 N–H and O–H groups in total. The molecular weight excluding hydrogens is 124 g/mol. The minimum absolute atomic E-state index is 0.502. The quantitative estimate of drug-likeness (QED) is 0.518. The summed E-state index contributed by atoms with van der Waals surface area (Å²) in [5.41, 5.74) is -0.654. The van der Waals surface area contributed by atoms with Crippen molar-refractivity contribution in [2.75, 3.05) is 0 Å². The van der Waals surface area contributed by atoms with Crippen molar-refractivity contribution in [3.8, 4) is 11.7 Å². The van der Waals surface area contributed by atoms with Crippen molar-refractivity contribution < 1.29 is 14.6 Å². The molecule has 48 valence electrons. The molecule has 4 nitrogen and oxygen atoms in total. The van der Waals surface area contributed by atoms with Crippen LogP contribution in [0.25, 0.3) is 0 Å². The zero-order valence-electron chi connectivity index (χ0n) is 4.37. The van der Waals surface area contributed by atoms with E-state index in [0.717, 1.165) is 12.3 Å². The van der Waals surface area contributed by atoms with Crippen LogP contribution in [-0.4, -0.2) is 10.2 Å². The molecule has 1 aromatic rings. The molecule has 0 unspecified atom stereocenters. The fourth-order valence-corrected chi connectivity index (χ4v) is 0.394. The third kappa shape index (κ3) is 1.02. The molecule has 0 radical (unpaired) electrons. The van der Waals surface area contributed by atoms with E-state index in [9.17, 15) is 4.79 Å². The highest BCUT2D eigenvalue weighted by atomic mass is 16.5. The maximum absolute atomic E-state index is 10.4. The van der Waals surface area contributed by atoms with Crippen LogP contribution in [0.1, 0.15) is 0 Å².